The summed E-state index contributed by atoms with van der Waals surface area (Å²) in [6.07, 6.45) is 4.93. The zero-order valence-corrected chi connectivity index (χ0v) is 19.5. The molecule has 0 aliphatic carbocycles. The molecule has 5 rings (SSSR count). The normalized spacial score (nSPS) is 12.0. The number of imidazole rings is 1. The number of aryl methyl sites for hydroxylation is 2. The Morgan fingerprint density at radius 3 is 2.36 bits per heavy atom. The predicted octanol–water partition coefficient (Wildman–Crippen LogP) is 4.86. The highest BCUT2D eigenvalue weighted by Crippen LogP contribution is 2.30. The van der Waals surface area contributed by atoms with Crippen LogP contribution in [0.25, 0.3) is 27.9 Å². The number of benzene rings is 2. The third-order valence-corrected chi connectivity index (χ3v) is 7.43. The van der Waals surface area contributed by atoms with E-state index in [1.54, 1.807) is 49.8 Å². The largest absolute Gasteiger partial charge is 0.497 e. The molecule has 0 aliphatic heterocycles. The van der Waals surface area contributed by atoms with Crippen molar-refractivity contribution >= 4 is 26.7 Å². The third kappa shape index (κ3) is 3.47. The smallest absolute Gasteiger partial charge is 0.269 e. The summed E-state index contributed by atoms with van der Waals surface area (Å²) in [4.78, 5) is 9.72. The second-order valence-corrected chi connectivity index (χ2v) is 9.79. The standard InChI is InChI=1S/C25H24N4O3S/c1-4-5-23-27-24(18-8-10-19(32-3)11-9-18)22-16-26-25-21(29(22)23)14-15-28(25)33(30,31)20-12-6-17(2)7-13-20/h6-16H,4-5H2,1-3H3. The number of ether oxygens (including phenoxy) is 1. The maximum atomic E-state index is 13.3. The van der Waals surface area contributed by atoms with E-state index in [1.165, 1.54) is 3.97 Å². The van der Waals surface area contributed by atoms with Gasteiger partial charge in [0, 0.05) is 18.2 Å². The second kappa shape index (κ2) is 8.04. The van der Waals surface area contributed by atoms with Crippen molar-refractivity contribution in [2.75, 3.05) is 7.11 Å². The molecular weight excluding hydrogens is 436 g/mol. The number of nitrogens with zero attached hydrogens (tertiary/aromatic N) is 4. The van der Waals surface area contributed by atoms with Gasteiger partial charge in [0.25, 0.3) is 10.0 Å². The van der Waals surface area contributed by atoms with Gasteiger partial charge in [-0.25, -0.2) is 22.4 Å². The van der Waals surface area contributed by atoms with Crippen LogP contribution in [0.4, 0.5) is 0 Å². The topological polar surface area (TPSA) is 78.5 Å². The summed E-state index contributed by atoms with van der Waals surface area (Å²) in [7, 11) is -2.14. The number of hydrogen-bond acceptors (Lipinski definition) is 5. The minimum Gasteiger partial charge on any atom is -0.497 e. The number of aromatic nitrogens is 4. The van der Waals surface area contributed by atoms with Crippen LogP contribution >= 0.6 is 0 Å². The average molecular weight is 461 g/mol. The molecule has 168 valence electrons. The third-order valence-electron chi connectivity index (χ3n) is 5.75. The Morgan fingerprint density at radius 2 is 1.70 bits per heavy atom. The lowest BCUT2D eigenvalue weighted by atomic mass is 10.1. The number of methoxy groups -OCH3 is 1. The maximum absolute atomic E-state index is 13.3. The predicted molar refractivity (Wildman–Crippen MR) is 128 cm³/mol. The maximum Gasteiger partial charge on any atom is 0.269 e. The molecule has 5 aromatic rings. The lowest BCUT2D eigenvalue weighted by Gasteiger charge is -2.08. The van der Waals surface area contributed by atoms with E-state index in [9.17, 15) is 8.42 Å². The second-order valence-electron chi connectivity index (χ2n) is 7.97. The van der Waals surface area contributed by atoms with Gasteiger partial charge in [0.2, 0.25) is 0 Å². The van der Waals surface area contributed by atoms with Crippen molar-refractivity contribution in [3.63, 3.8) is 0 Å². The Kier molecular flexibility index (Phi) is 5.17. The van der Waals surface area contributed by atoms with E-state index in [2.05, 4.69) is 11.9 Å². The summed E-state index contributed by atoms with van der Waals surface area (Å²) < 4.78 is 35.2. The van der Waals surface area contributed by atoms with Crippen LogP contribution in [0.15, 0.2) is 71.9 Å². The number of hydrogen-bond donors (Lipinski definition) is 0. The van der Waals surface area contributed by atoms with Crippen molar-refractivity contribution in [3.8, 4) is 17.0 Å². The average Bonchev–Trinajstić information content (AvgIpc) is 3.42. The van der Waals surface area contributed by atoms with Crippen molar-refractivity contribution in [2.24, 2.45) is 0 Å². The monoisotopic (exact) mass is 460 g/mol. The summed E-state index contributed by atoms with van der Waals surface area (Å²) in [5.74, 6) is 1.64. The molecule has 0 bridgehead atoms. The first-order chi connectivity index (χ1) is 15.9. The molecule has 0 atom stereocenters. The summed E-state index contributed by atoms with van der Waals surface area (Å²) in [6.45, 7) is 4.02. The summed E-state index contributed by atoms with van der Waals surface area (Å²) >= 11 is 0. The van der Waals surface area contributed by atoms with Crippen molar-refractivity contribution in [1.29, 1.82) is 0 Å². The van der Waals surface area contributed by atoms with E-state index in [0.29, 0.717) is 11.2 Å². The van der Waals surface area contributed by atoms with Crippen molar-refractivity contribution < 1.29 is 13.2 Å². The van der Waals surface area contributed by atoms with E-state index in [4.69, 9.17) is 9.72 Å². The minimum absolute atomic E-state index is 0.228. The Labute approximate surface area is 192 Å². The lowest BCUT2D eigenvalue weighted by molar-refractivity contribution is 0.415. The molecule has 8 heteroatoms. The molecule has 0 fully saturated rings. The first-order valence-electron chi connectivity index (χ1n) is 10.8. The molecule has 0 unspecified atom stereocenters. The van der Waals surface area contributed by atoms with Crippen LogP contribution in [0.5, 0.6) is 5.75 Å². The first kappa shape index (κ1) is 21.2. The molecule has 33 heavy (non-hydrogen) atoms. The molecule has 0 radical (unpaired) electrons. The first-order valence-corrected chi connectivity index (χ1v) is 12.2. The number of fused-ring (bicyclic) bond motifs is 3. The molecule has 3 aromatic heterocycles. The Hall–Kier alpha value is -3.65. The summed E-state index contributed by atoms with van der Waals surface area (Å²) in [6, 6.07) is 16.4. The fourth-order valence-corrected chi connectivity index (χ4v) is 5.35. The highest BCUT2D eigenvalue weighted by molar-refractivity contribution is 7.90. The van der Waals surface area contributed by atoms with Crippen LogP contribution in [0.2, 0.25) is 0 Å². The van der Waals surface area contributed by atoms with Gasteiger partial charge in [0.15, 0.2) is 5.65 Å². The molecule has 0 N–H and O–H groups in total. The zero-order chi connectivity index (χ0) is 23.2. The fraction of sp³-hybridized carbons (Fsp3) is 0.200. The summed E-state index contributed by atoms with van der Waals surface area (Å²) in [5, 5.41) is 0. The van der Waals surface area contributed by atoms with Crippen molar-refractivity contribution in [3.05, 3.63) is 78.4 Å². The van der Waals surface area contributed by atoms with Gasteiger partial charge >= 0.3 is 0 Å². The fourth-order valence-electron chi connectivity index (χ4n) is 4.06. The van der Waals surface area contributed by atoms with Crippen LogP contribution in [0.1, 0.15) is 24.7 Å². The molecule has 0 spiro atoms. The van der Waals surface area contributed by atoms with Gasteiger partial charge in [0.05, 0.1) is 34.9 Å². The van der Waals surface area contributed by atoms with Gasteiger partial charge in [-0.1, -0.05) is 24.6 Å². The van der Waals surface area contributed by atoms with Gasteiger partial charge in [0.1, 0.15) is 11.6 Å². The van der Waals surface area contributed by atoms with Crippen LogP contribution in [-0.2, 0) is 16.4 Å². The van der Waals surface area contributed by atoms with Gasteiger partial charge in [-0.15, -0.1) is 0 Å². The quantitative estimate of drug-likeness (QED) is 0.362. The highest BCUT2D eigenvalue weighted by Gasteiger charge is 2.23. The molecule has 7 nitrogen and oxygen atoms in total. The SMILES string of the molecule is CCCc1nc(-c2ccc(OC)cc2)c2cnc3c(ccn3S(=O)(=O)c3ccc(C)cc3)n12. The Bertz CT molecular complexity index is 1560. The molecule has 0 amide bonds. The summed E-state index contributed by atoms with van der Waals surface area (Å²) in [5.41, 5.74) is 4.67. The van der Waals surface area contributed by atoms with Crippen LogP contribution in [0, 0.1) is 6.92 Å². The van der Waals surface area contributed by atoms with Gasteiger partial charge in [-0.3, -0.25) is 4.40 Å². The van der Waals surface area contributed by atoms with Crippen molar-refractivity contribution in [2.45, 2.75) is 31.6 Å². The van der Waals surface area contributed by atoms with Crippen LogP contribution in [0.3, 0.4) is 0 Å². The Balaban J connectivity index is 1.72. The van der Waals surface area contributed by atoms with Gasteiger partial charge in [-0.2, -0.15) is 0 Å². The van der Waals surface area contributed by atoms with E-state index in [0.717, 1.165) is 46.8 Å². The van der Waals surface area contributed by atoms with Gasteiger partial charge < -0.3 is 4.74 Å². The van der Waals surface area contributed by atoms with E-state index < -0.39 is 10.0 Å². The van der Waals surface area contributed by atoms with Gasteiger partial charge in [-0.05, 0) is 55.8 Å². The minimum atomic E-state index is -3.78. The highest BCUT2D eigenvalue weighted by atomic mass is 32.2. The van der Waals surface area contributed by atoms with E-state index in [1.807, 2.05) is 35.6 Å². The van der Waals surface area contributed by atoms with Crippen LogP contribution < -0.4 is 4.74 Å². The van der Waals surface area contributed by atoms with Crippen molar-refractivity contribution in [1.82, 2.24) is 18.3 Å². The van der Waals surface area contributed by atoms with E-state index in [-0.39, 0.29) is 4.90 Å². The van der Waals surface area contributed by atoms with E-state index >= 15 is 0 Å². The van der Waals surface area contributed by atoms with Crippen LogP contribution in [-0.4, -0.2) is 33.9 Å². The lowest BCUT2D eigenvalue weighted by Crippen LogP contribution is -2.12. The molecular formula is C25H24N4O3S. The molecule has 3 heterocycles. The number of rotatable bonds is 6. The molecule has 0 aliphatic rings. The zero-order valence-electron chi connectivity index (χ0n) is 18.7. The molecule has 2 aromatic carbocycles. The molecule has 0 saturated heterocycles. The Morgan fingerprint density at radius 1 is 0.970 bits per heavy atom. The molecule has 0 saturated carbocycles.